The third-order valence-corrected chi connectivity index (χ3v) is 3.13. The first-order valence-electron chi connectivity index (χ1n) is 7.57. The molecule has 1 aromatic rings. The van der Waals surface area contributed by atoms with E-state index in [1.54, 1.807) is 31.2 Å². The molecule has 0 saturated heterocycles. The van der Waals surface area contributed by atoms with Crippen molar-refractivity contribution in [1.29, 1.82) is 0 Å². The van der Waals surface area contributed by atoms with Crippen LogP contribution in [-0.4, -0.2) is 29.5 Å². The smallest absolute Gasteiger partial charge is 0.382 e. The van der Waals surface area contributed by atoms with Gasteiger partial charge in [-0.2, -0.15) is 0 Å². The first-order valence-corrected chi connectivity index (χ1v) is 7.57. The molecule has 0 amide bonds. The fourth-order valence-corrected chi connectivity index (χ4v) is 1.90. The molecule has 0 fully saturated rings. The fraction of sp³-hybridized carbons (Fsp3) is 0.500. The topological polar surface area (TPSA) is 95.7 Å². The second-order valence-electron chi connectivity index (χ2n) is 4.98. The highest BCUT2D eigenvalue weighted by atomic mass is 16.6. The van der Waals surface area contributed by atoms with Gasteiger partial charge in [0.2, 0.25) is 0 Å². The Labute approximate surface area is 134 Å². The largest absolute Gasteiger partial charge is 0.461 e. The van der Waals surface area contributed by atoms with Crippen molar-refractivity contribution in [3.05, 3.63) is 39.9 Å². The van der Waals surface area contributed by atoms with Crippen molar-refractivity contribution < 1.29 is 24.0 Å². The van der Waals surface area contributed by atoms with Crippen LogP contribution < -0.4 is 4.74 Å². The van der Waals surface area contributed by atoms with Crippen molar-refractivity contribution in [2.45, 2.75) is 45.6 Å². The van der Waals surface area contributed by atoms with Crippen molar-refractivity contribution in [3.8, 4) is 5.75 Å². The van der Waals surface area contributed by atoms with Crippen LogP contribution in [0.2, 0.25) is 0 Å². The summed E-state index contributed by atoms with van der Waals surface area (Å²) in [6.07, 6.45) is 1.95. The summed E-state index contributed by atoms with van der Waals surface area (Å²) in [5.41, 5.74) is 0.591. The lowest BCUT2D eigenvalue weighted by Gasteiger charge is -2.09. The normalized spacial score (nSPS) is 11.6. The molecule has 0 aliphatic carbocycles. The molecular weight excluding hydrogens is 302 g/mol. The maximum absolute atomic E-state index is 11.6. The molecule has 0 heterocycles. The quantitative estimate of drug-likeness (QED) is 0.300. The van der Waals surface area contributed by atoms with E-state index in [2.05, 4.69) is 0 Å². The summed E-state index contributed by atoms with van der Waals surface area (Å²) < 4.78 is 9.85. The number of hydrogen-bond donors (Lipinski definition) is 0. The van der Waals surface area contributed by atoms with Crippen LogP contribution in [0.4, 0.5) is 0 Å². The molecule has 1 aromatic carbocycles. The highest BCUT2D eigenvalue weighted by molar-refractivity contribution is 5.75. The Morgan fingerprint density at radius 3 is 2.39 bits per heavy atom. The van der Waals surface area contributed by atoms with Gasteiger partial charge < -0.3 is 9.47 Å². The molecule has 1 unspecified atom stereocenters. The number of rotatable bonds is 9. The monoisotopic (exact) mass is 323 g/mol. The summed E-state index contributed by atoms with van der Waals surface area (Å²) >= 11 is 0. The van der Waals surface area contributed by atoms with Crippen LogP contribution in [0.25, 0.3) is 0 Å². The minimum absolute atomic E-state index is 0.0735. The van der Waals surface area contributed by atoms with Gasteiger partial charge in [0.1, 0.15) is 5.75 Å². The van der Waals surface area contributed by atoms with Crippen molar-refractivity contribution in [2.75, 3.05) is 6.61 Å². The van der Waals surface area contributed by atoms with E-state index in [0.29, 0.717) is 17.7 Å². The van der Waals surface area contributed by atoms with Crippen molar-refractivity contribution in [3.63, 3.8) is 0 Å². The van der Waals surface area contributed by atoms with Crippen molar-refractivity contribution >= 4 is 11.9 Å². The van der Waals surface area contributed by atoms with Gasteiger partial charge in [0.25, 0.3) is 0 Å². The summed E-state index contributed by atoms with van der Waals surface area (Å²) in [4.78, 5) is 33.4. The van der Waals surface area contributed by atoms with Gasteiger partial charge in [-0.15, -0.1) is 0 Å². The summed E-state index contributed by atoms with van der Waals surface area (Å²) in [6.45, 7) is 3.67. The van der Waals surface area contributed by atoms with Crippen LogP contribution in [0.15, 0.2) is 24.3 Å². The number of unbranched alkanes of at least 4 members (excludes halogenated alkanes) is 1. The molecule has 0 spiro atoms. The predicted molar refractivity (Wildman–Crippen MR) is 82.7 cm³/mol. The molecule has 0 N–H and O–H groups in total. The molecule has 0 aromatic heterocycles. The highest BCUT2D eigenvalue weighted by Gasteiger charge is 2.31. The number of carbonyl (C=O) groups is 2. The third kappa shape index (κ3) is 6.46. The first-order chi connectivity index (χ1) is 11.0. The predicted octanol–water partition coefficient (Wildman–Crippen LogP) is 2.53. The number of nitro groups is 1. The van der Waals surface area contributed by atoms with Gasteiger partial charge in [0.05, 0.1) is 13.0 Å². The molecule has 126 valence electrons. The zero-order valence-electron chi connectivity index (χ0n) is 13.3. The Bertz CT molecular complexity index is 540. The van der Waals surface area contributed by atoms with Crippen LogP contribution in [0.3, 0.4) is 0 Å². The molecule has 7 heteroatoms. The third-order valence-electron chi connectivity index (χ3n) is 3.13. The molecular formula is C16H21NO6. The number of carbonyl (C=O) groups excluding carboxylic acids is 2. The summed E-state index contributed by atoms with van der Waals surface area (Å²) in [5.74, 6) is -0.787. The SMILES string of the molecule is CCCCC(=O)Oc1ccc(CC(C(=O)OCC)[N+](=O)[O-])cc1. The molecule has 23 heavy (non-hydrogen) atoms. The Morgan fingerprint density at radius 1 is 1.22 bits per heavy atom. The van der Waals surface area contributed by atoms with Gasteiger partial charge in [-0.1, -0.05) is 25.5 Å². The molecule has 0 saturated carbocycles. The number of benzene rings is 1. The van der Waals surface area contributed by atoms with Crippen LogP contribution in [0.1, 0.15) is 38.7 Å². The standard InChI is InChI=1S/C16H21NO6/c1-3-5-6-15(18)23-13-9-7-12(8-10-13)11-14(17(20)21)16(19)22-4-2/h7-10,14H,3-6,11H2,1-2H3. The van der Waals surface area contributed by atoms with Gasteiger partial charge >= 0.3 is 18.0 Å². The molecule has 0 bridgehead atoms. The van der Waals surface area contributed by atoms with E-state index >= 15 is 0 Å². The highest BCUT2D eigenvalue weighted by Crippen LogP contribution is 2.15. The molecule has 7 nitrogen and oxygen atoms in total. The van der Waals surface area contributed by atoms with Gasteiger partial charge in [0, 0.05) is 11.3 Å². The minimum atomic E-state index is -1.44. The number of esters is 2. The van der Waals surface area contributed by atoms with E-state index in [1.807, 2.05) is 6.92 Å². The second-order valence-corrected chi connectivity index (χ2v) is 4.98. The molecule has 1 rings (SSSR count). The van der Waals surface area contributed by atoms with Crippen LogP contribution in [0, 0.1) is 10.1 Å². The summed E-state index contributed by atoms with van der Waals surface area (Å²) in [7, 11) is 0. The van der Waals surface area contributed by atoms with E-state index in [1.165, 1.54) is 0 Å². The Morgan fingerprint density at radius 2 is 1.87 bits per heavy atom. The van der Waals surface area contributed by atoms with E-state index in [0.717, 1.165) is 12.8 Å². The van der Waals surface area contributed by atoms with Crippen molar-refractivity contribution in [1.82, 2.24) is 0 Å². The van der Waals surface area contributed by atoms with Gasteiger partial charge in [-0.3, -0.25) is 14.9 Å². The molecule has 0 aliphatic rings. The van der Waals surface area contributed by atoms with Gasteiger partial charge in [0.15, 0.2) is 0 Å². The average molecular weight is 323 g/mol. The zero-order chi connectivity index (χ0) is 17.2. The molecule has 1 atom stereocenters. The lowest BCUT2D eigenvalue weighted by molar-refractivity contribution is -0.510. The summed E-state index contributed by atoms with van der Waals surface area (Å²) in [6, 6.07) is 4.87. The van der Waals surface area contributed by atoms with E-state index in [9.17, 15) is 19.7 Å². The van der Waals surface area contributed by atoms with Gasteiger partial charge in [-0.05, 0) is 31.0 Å². The van der Waals surface area contributed by atoms with E-state index in [-0.39, 0.29) is 19.0 Å². The van der Waals surface area contributed by atoms with Crippen LogP contribution in [0.5, 0.6) is 5.75 Å². The Balaban J connectivity index is 2.66. The first kappa shape index (κ1) is 18.6. The summed E-state index contributed by atoms with van der Waals surface area (Å²) in [5, 5.41) is 11.0. The lowest BCUT2D eigenvalue weighted by Crippen LogP contribution is -2.33. The Kier molecular flexibility index (Phi) is 7.73. The zero-order valence-corrected chi connectivity index (χ0v) is 13.3. The second kappa shape index (κ2) is 9.55. The van der Waals surface area contributed by atoms with Crippen LogP contribution in [-0.2, 0) is 20.7 Å². The Hall–Kier alpha value is -2.44. The van der Waals surface area contributed by atoms with Crippen LogP contribution >= 0.6 is 0 Å². The number of hydrogen-bond acceptors (Lipinski definition) is 6. The van der Waals surface area contributed by atoms with Gasteiger partial charge in [-0.25, -0.2) is 4.79 Å². The number of ether oxygens (including phenoxy) is 2. The maximum Gasteiger partial charge on any atom is 0.382 e. The molecule has 0 aliphatic heterocycles. The lowest BCUT2D eigenvalue weighted by atomic mass is 10.1. The van der Waals surface area contributed by atoms with E-state index < -0.39 is 16.9 Å². The fourth-order valence-electron chi connectivity index (χ4n) is 1.90. The minimum Gasteiger partial charge on any atom is -0.461 e. The van der Waals surface area contributed by atoms with E-state index in [4.69, 9.17) is 9.47 Å². The van der Waals surface area contributed by atoms with Crippen molar-refractivity contribution in [2.24, 2.45) is 0 Å². The maximum atomic E-state index is 11.6. The average Bonchev–Trinajstić information content (AvgIpc) is 2.52. The molecule has 0 radical (unpaired) electrons. The number of nitrogens with zero attached hydrogens (tertiary/aromatic N) is 1.